The molecule has 0 radical (unpaired) electrons. The first-order chi connectivity index (χ1) is 11.0. The van der Waals surface area contributed by atoms with E-state index in [0.29, 0.717) is 17.9 Å². The molecule has 0 aliphatic carbocycles. The summed E-state index contributed by atoms with van der Waals surface area (Å²) in [5.41, 5.74) is 2.12. The maximum absolute atomic E-state index is 11.9. The minimum absolute atomic E-state index is 0.0556. The van der Waals surface area contributed by atoms with Crippen LogP contribution >= 0.6 is 11.3 Å². The molecule has 2 aromatic rings. The Kier molecular flexibility index (Phi) is 5.53. The number of rotatable bonds is 5. The van der Waals surface area contributed by atoms with E-state index >= 15 is 0 Å². The van der Waals surface area contributed by atoms with Crippen molar-refractivity contribution in [3.8, 4) is 0 Å². The molecule has 1 heterocycles. The van der Waals surface area contributed by atoms with Crippen molar-refractivity contribution in [2.75, 3.05) is 17.7 Å². The van der Waals surface area contributed by atoms with Gasteiger partial charge < -0.3 is 20.5 Å². The molecule has 0 unspecified atom stereocenters. The maximum Gasteiger partial charge on any atom is 0.318 e. The standard InChI is InChI=1S/C15H18N4O3S/c1-10-9-23-15(22)19(10)8-7-13(20)17-11-3-5-12(6-4-11)18-14(21)16-2/h3-6,9H,7-8H2,1-2H3,(H,17,20)(H2,16,18,21). The highest BCUT2D eigenvalue weighted by molar-refractivity contribution is 7.07. The van der Waals surface area contributed by atoms with Crippen LogP contribution in [0.1, 0.15) is 12.1 Å². The van der Waals surface area contributed by atoms with Gasteiger partial charge in [-0.15, -0.1) is 0 Å². The second-order valence-electron chi connectivity index (χ2n) is 4.87. The number of hydrogen-bond donors (Lipinski definition) is 3. The molecule has 122 valence electrons. The number of anilines is 2. The van der Waals surface area contributed by atoms with E-state index in [2.05, 4.69) is 16.0 Å². The zero-order valence-electron chi connectivity index (χ0n) is 12.9. The number of benzene rings is 1. The number of urea groups is 1. The summed E-state index contributed by atoms with van der Waals surface area (Å²) in [4.78, 5) is 34.6. The van der Waals surface area contributed by atoms with Gasteiger partial charge in [0.15, 0.2) is 0 Å². The first kappa shape index (κ1) is 16.8. The second kappa shape index (κ2) is 7.59. The van der Waals surface area contributed by atoms with E-state index in [1.54, 1.807) is 34.2 Å². The SMILES string of the molecule is CNC(=O)Nc1ccc(NC(=O)CCn2c(C)csc2=O)cc1. The molecule has 7 nitrogen and oxygen atoms in total. The summed E-state index contributed by atoms with van der Waals surface area (Å²) in [6, 6.07) is 6.48. The Labute approximate surface area is 137 Å². The van der Waals surface area contributed by atoms with Crippen LogP contribution in [0.5, 0.6) is 0 Å². The predicted molar refractivity (Wildman–Crippen MR) is 91.1 cm³/mol. The van der Waals surface area contributed by atoms with E-state index in [4.69, 9.17) is 0 Å². The molecule has 0 saturated carbocycles. The van der Waals surface area contributed by atoms with Crippen LogP contribution in [-0.2, 0) is 11.3 Å². The Bertz CT molecular complexity index is 749. The van der Waals surface area contributed by atoms with Crippen molar-refractivity contribution < 1.29 is 9.59 Å². The molecule has 0 fully saturated rings. The minimum Gasteiger partial charge on any atom is -0.341 e. The summed E-state index contributed by atoms with van der Waals surface area (Å²) in [6.45, 7) is 2.20. The lowest BCUT2D eigenvalue weighted by molar-refractivity contribution is -0.116. The van der Waals surface area contributed by atoms with Gasteiger partial charge in [0, 0.05) is 42.5 Å². The van der Waals surface area contributed by atoms with Gasteiger partial charge >= 0.3 is 10.9 Å². The molecule has 23 heavy (non-hydrogen) atoms. The Balaban J connectivity index is 1.88. The van der Waals surface area contributed by atoms with Crippen molar-refractivity contribution >= 4 is 34.6 Å². The predicted octanol–water partition coefficient (Wildman–Crippen LogP) is 2.00. The van der Waals surface area contributed by atoms with Crippen LogP contribution in [0.2, 0.25) is 0 Å². The number of carbonyl (C=O) groups excluding carboxylic acids is 2. The van der Waals surface area contributed by atoms with E-state index in [0.717, 1.165) is 17.0 Å². The van der Waals surface area contributed by atoms with Gasteiger partial charge in [0.2, 0.25) is 5.91 Å². The molecular weight excluding hydrogens is 316 g/mol. The molecule has 0 saturated heterocycles. The summed E-state index contributed by atoms with van der Waals surface area (Å²) < 4.78 is 1.58. The third-order valence-electron chi connectivity index (χ3n) is 3.19. The average Bonchev–Trinajstić information content (AvgIpc) is 2.85. The topological polar surface area (TPSA) is 92.2 Å². The number of nitrogens with one attached hydrogen (secondary N) is 3. The fraction of sp³-hybridized carbons (Fsp3) is 0.267. The minimum atomic E-state index is -0.307. The molecule has 0 aliphatic rings. The summed E-state index contributed by atoms with van der Waals surface area (Å²) in [6.07, 6.45) is 0.218. The van der Waals surface area contributed by atoms with E-state index in [-0.39, 0.29) is 23.2 Å². The van der Waals surface area contributed by atoms with Crippen LogP contribution < -0.4 is 20.8 Å². The van der Waals surface area contributed by atoms with Crippen LogP contribution in [0.3, 0.4) is 0 Å². The Morgan fingerprint density at radius 3 is 2.26 bits per heavy atom. The number of nitrogens with zero attached hydrogens (tertiary/aromatic N) is 1. The van der Waals surface area contributed by atoms with Crippen molar-refractivity contribution in [1.82, 2.24) is 9.88 Å². The van der Waals surface area contributed by atoms with E-state index in [1.165, 1.54) is 7.05 Å². The van der Waals surface area contributed by atoms with Crippen molar-refractivity contribution in [2.45, 2.75) is 19.9 Å². The van der Waals surface area contributed by atoms with Gasteiger partial charge in [-0.1, -0.05) is 11.3 Å². The van der Waals surface area contributed by atoms with Gasteiger partial charge in [-0.05, 0) is 31.2 Å². The maximum atomic E-state index is 11.9. The van der Waals surface area contributed by atoms with Gasteiger partial charge in [-0.2, -0.15) is 0 Å². The molecular formula is C15H18N4O3S. The number of carbonyl (C=O) groups is 2. The van der Waals surface area contributed by atoms with Crippen molar-refractivity contribution in [2.24, 2.45) is 0 Å². The lowest BCUT2D eigenvalue weighted by Crippen LogP contribution is -2.24. The smallest absolute Gasteiger partial charge is 0.318 e. The number of aryl methyl sites for hydroxylation is 1. The van der Waals surface area contributed by atoms with Gasteiger partial charge in [-0.25, -0.2) is 4.79 Å². The normalized spacial score (nSPS) is 10.2. The number of thiazole rings is 1. The van der Waals surface area contributed by atoms with E-state index in [1.807, 2.05) is 6.92 Å². The molecule has 0 bridgehead atoms. The molecule has 2 rings (SSSR count). The van der Waals surface area contributed by atoms with E-state index < -0.39 is 0 Å². The fourth-order valence-electron chi connectivity index (χ4n) is 1.94. The summed E-state index contributed by atoms with van der Waals surface area (Å²) in [5, 5.41) is 9.62. The molecule has 1 aromatic carbocycles. The van der Waals surface area contributed by atoms with Crippen LogP contribution in [0.4, 0.5) is 16.2 Å². The largest absolute Gasteiger partial charge is 0.341 e. The number of hydrogen-bond acceptors (Lipinski definition) is 4. The van der Waals surface area contributed by atoms with E-state index in [9.17, 15) is 14.4 Å². The van der Waals surface area contributed by atoms with Crippen LogP contribution in [-0.4, -0.2) is 23.6 Å². The highest BCUT2D eigenvalue weighted by atomic mass is 32.1. The Hall–Kier alpha value is -2.61. The summed E-state index contributed by atoms with van der Waals surface area (Å²) in [5.74, 6) is -0.172. The molecule has 1 aromatic heterocycles. The molecule has 3 N–H and O–H groups in total. The second-order valence-corrected chi connectivity index (χ2v) is 5.69. The first-order valence-electron chi connectivity index (χ1n) is 7.03. The third-order valence-corrected chi connectivity index (χ3v) is 4.07. The van der Waals surface area contributed by atoms with Gasteiger partial charge in [-0.3, -0.25) is 9.59 Å². The van der Waals surface area contributed by atoms with Crippen molar-refractivity contribution in [3.63, 3.8) is 0 Å². The average molecular weight is 334 g/mol. The van der Waals surface area contributed by atoms with Gasteiger partial charge in [0.05, 0.1) is 0 Å². The molecule has 8 heteroatoms. The third kappa shape index (κ3) is 4.68. The van der Waals surface area contributed by atoms with Gasteiger partial charge in [0.1, 0.15) is 0 Å². The summed E-state index contributed by atoms with van der Waals surface area (Å²) in [7, 11) is 1.53. The van der Waals surface area contributed by atoms with Gasteiger partial charge in [0.25, 0.3) is 0 Å². The Morgan fingerprint density at radius 1 is 1.13 bits per heavy atom. The molecule has 3 amide bonds. The summed E-state index contributed by atoms with van der Waals surface area (Å²) >= 11 is 1.13. The fourth-order valence-corrected chi connectivity index (χ4v) is 2.70. The molecule has 0 aliphatic heterocycles. The zero-order chi connectivity index (χ0) is 16.8. The molecule has 0 spiro atoms. The molecule has 0 atom stereocenters. The van der Waals surface area contributed by atoms with Crippen LogP contribution in [0, 0.1) is 6.92 Å². The first-order valence-corrected chi connectivity index (χ1v) is 7.91. The monoisotopic (exact) mass is 334 g/mol. The van der Waals surface area contributed by atoms with Crippen LogP contribution in [0.15, 0.2) is 34.4 Å². The number of aromatic nitrogens is 1. The van der Waals surface area contributed by atoms with Crippen molar-refractivity contribution in [3.05, 3.63) is 45.0 Å². The quantitative estimate of drug-likeness (QED) is 0.781. The number of amides is 3. The zero-order valence-corrected chi connectivity index (χ0v) is 13.7. The van der Waals surface area contributed by atoms with Crippen molar-refractivity contribution in [1.29, 1.82) is 0 Å². The Morgan fingerprint density at radius 2 is 1.74 bits per heavy atom. The highest BCUT2D eigenvalue weighted by Gasteiger charge is 2.07. The highest BCUT2D eigenvalue weighted by Crippen LogP contribution is 2.13. The van der Waals surface area contributed by atoms with Crippen LogP contribution in [0.25, 0.3) is 0 Å². The lowest BCUT2D eigenvalue weighted by Gasteiger charge is -2.08. The lowest BCUT2D eigenvalue weighted by atomic mass is 10.2.